The molecule has 1 saturated carbocycles. The van der Waals surface area contributed by atoms with Crippen LogP contribution in [0.3, 0.4) is 0 Å². The van der Waals surface area contributed by atoms with E-state index < -0.39 is 0 Å². The van der Waals surface area contributed by atoms with Gasteiger partial charge in [-0.3, -0.25) is 0 Å². The topological polar surface area (TPSA) is 26.0 Å². The Kier molecular flexibility index (Phi) is 2.84. The summed E-state index contributed by atoms with van der Waals surface area (Å²) in [6.07, 6.45) is 8.10. The van der Waals surface area contributed by atoms with Crippen molar-refractivity contribution in [3.8, 4) is 0 Å². The van der Waals surface area contributed by atoms with Crippen LogP contribution in [-0.4, -0.2) is 4.98 Å². The largest absolute Gasteiger partial charge is 0.445 e. The molecule has 1 aromatic heterocycles. The van der Waals surface area contributed by atoms with Gasteiger partial charge in [-0.25, -0.2) is 4.98 Å². The van der Waals surface area contributed by atoms with Crippen LogP contribution in [0.1, 0.15) is 57.6 Å². The lowest BCUT2D eigenvalue weighted by Crippen LogP contribution is -2.22. The molecule has 1 heterocycles. The van der Waals surface area contributed by atoms with Gasteiger partial charge in [0, 0.05) is 11.8 Å². The van der Waals surface area contributed by atoms with Crippen LogP contribution < -0.4 is 0 Å². The average molecular weight is 245 g/mol. The number of oxazole rings is 1. The van der Waals surface area contributed by atoms with E-state index in [1.165, 1.54) is 6.42 Å². The smallest absolute Gasteiger partial charge is 0.196 e. The predicted octanol–water partition coefficient (Wildman–Crippen LogP) is 4.36. The number of rotatable bonds is 3. The summed E-state index contributed by atoms with van der Waals surface area (Å²) in [4.78, 5) is 4.45. The summed E-state index contributed by atoms with van der Waals surface area (Å²) >= 11 is 0. The molecule has 0 N–H and O–H groups in total. The van der Waals surface area contributed by atoms with Crippen molar-refractivity contribution in [2.45, 2.75) is 46.0 Å². The third-order valence-electron chi connectivity index (χ3n) is 4.65. The van der Waals surface area contributed by atoms with Crippen molar-refractivity contribution >= 4 is 0 Å². The van der Waals surface area contributed by atoms with E-state index in [-0.39, 0.29) is 0 Å². The zero-order valence-corrected chi connectivity index (χ0v) is 11.8. The molecule has 98 valence electrons. The van der Waals surface area contributed by atoms with Gasteiger partial charge in [0.2, 0.25) is 0 Å². The fourth-order valence-corrected chi connectivity index (χ4v) is 3.89. The molecular formula is C16H23NO. The Balaban J connectivity index is 1.92. The first kappa shape index (κ1) is 12.0. The van der Waals surface area contributed by atoms with Gasteiger partial charge >= 0.3 is 0 Å². The summed E-state index contributed by atoms with van der Waals surface area (Å²) in [7, 11) is 0. The van der Waals surface area contributed by atoms with Crippen molar-refractivity contribution in [3.05, 3.63) is 30.0 Å². The first-order valence-electron chi connectivity index (χ1n) is 7.22. The number of hydrogen-bond donors (Lipinski definition) is 0. The van der Waals surface area contributed by atoms with Crippen molar-refractivity contribution in [2.24, 2.45) is 23.7 Å². The van der Waals surface area contributed by atoms with E-state index >= 15 is 0 Å². The van der Waals surface area contributed by atoms with Gasteiger partial charge in [0.05, 0.1) is 6.20 Å². The molecule has 2 nitrogen and oxygen atoms in total. The summed E-state index contributed by atoms with van der Waals surface area (Å²) in [6, 6.07) is 0. The third kappa shape index (κ3) is 1.73. The van der Waals surface area contributed by atoms with Gasteiger partial charge in [0.15, 0.2) is 5.89 Å². The van der Waals surface area contributed by atoms with Crippen LogP contribution in [0.5, 0.6) is 0 Å². The van der Waals surface area contributed by atoms with E-state index in [0.717, 1.165) is 23.5 Å². The van der Waals surface area contributed by atoms with Crippen LogP contribution >= 0.6 is 0 Å². The first-order valence-corrected chi connectivity index (χ1v) is 7.22. The third-order valence-corrected chi connectivity index (χ3v) is 4.65. The molecule has 0 amide bonds. The fourth-order valence-electron chi connectivity index (χ4n) is 3.89. The molecule has 2 aliphatic carbocycles. The van der Waals surface area contributed by atoms with Gasteiger partial charge in [-0.1, -0.05) is 39.8 Å². The Morgan fingerprint density at radius 1 is 1.17 bits per heavy atom. The minimum absolute atomic E-state index is 0.380. The van der Waals surface area contributed by atoms with E-state index in [4.69, 9.17) is 4.42 Å². The SMILES string of the molecule is CC(C)c1ncc(C2C3C=CC(C3)C2C(C)C)o1. The van der Waals surface area contributed by atoms with Crippen LogP contribution in [0.2, 0.25) is 0 Å². The highest BCUT2D eigenvalue weighted by atomic mass is 16.4. The average Bonchev–Trinajstić information content (AvgIpc) is 3.02. The lowest BCUT2D eigenvalue weighted by atomic mass is 9.75. The van der Waals surface area contributed by atoms with E-state index in [2.05, 4.69) is 44.8 Å². The van der Waals surface area contributed by atoms with E-state index in [1.807, 2.05) is 6.20 Å². The molecule has 0 radical (unpaired) electrons. The van der Waals surface area contributed by atoms with Gasteiger partial charge < -0.3 is 4.42 Å². The second-order valence-electron chi connectivity index (χ2n) is 6.55. The van der Waals surface area contributed by atoms with Crippen LogP contribution in [0.25, 0.3) is 0 Å². The normalized spacial score (nSPS) is 34.1. The molecule has 2 aliphatic rings. The van der Waals surface area contributed by atoms with Gasteiger partial charge in [0.1, 0.15) is 5.76 Å². The highest BCUT2D eigenvalue weighted by molar-refractivity contribution is 5.23. The number of hydrogen-bond acceptors (Lipinski definition) is 2. The molecule has 4 unspecified atom stereocenters. The number of allylic oxidation sites excluding steroid dienone is 2. The van der Waals surface area contributed by atoms with Crippen molar-refractivity contribution in [2.75, 3.05) is 0 Å². The summed E-state index contributed by atoms with van der Waals surface area (Å²) in [5.74, 6) is 5.82. The molecule has 2 heteroatoms. The fraction of sp³-hybridized carbons (Fsp3) is 0.688. The molecule has 0 spiro atoms. The van der Waals surface area contributed by atoms with Crippen molar-refractivity contribution < 1.29 is 4.42 Å². The maximum atomic E-state index is 6.02. The Labute approximate surface area is 109 Å². The first-order chi connectivity index (χ1) is 8.58. The second-order valence-corrected chi connectivity index (χ2v) is 6.55. The standard InChI is InChI=1S/C16H23NO/c1-9(2)14-11-5-6-12(7-11)15(14)13-8-17-16(18-13)10(3)4/h5-6,8-12,14-15H,7H2,1-4H3. The minimum atomic E-state index is 0.380. The van der Waals surface area contributed by atoms with Gasteiger partial charge in [-0.15, -0.1) is 0 Å². The van der Waals surface area contributed by atoms with Gasteiger partial charge in [-0.2, -0.15) is 0 Å². The van der Waals surface area contributed by atoms with Crippen LogP contribution in [-0.2, 0) is 0 Å². The molecule has 1 fully saturated rings. The zero-order valence-electron chi connectivity index (χ0n) is 11.8. The zero-order chi connectivity index (χ0) is 12.9. The molecular weight excluding hydrogens is 222 g/mol. The minimum Gasteiger partial charge on any atom is -0.445 e. The number of fused-ring (bicyclic) bond motifs is 2. The number of nitrogens with zero attached hydrogens (tertiary/aromatic N) is 1. The van der Waals surface area contributed by atoms with Gasteiger partial charge in [-0.05, 0) is 30.1 Å². The molecule has 18 heavy (non-hydrogen) atoms. The lowest BCUT2D eigenvalue weighted by molar-refractivity contribution is 0.260. The molecule has 0 aliphatic heterocycles. The lowest BCUT2D eigenvalue weighted by Gasteiger charge is -2.29. The summed E-state index contributed by atoms with van der Waals surface area (Å²) in [5, 5.41) is 0. The Hall–Kier alpha value is -1.05. The van der Waals surface area contributed by atoms with Crippen LogP contribution in [0, 0.1) is 23.7 Å². The molecule has 2 bridgehead atoms. The van der Waals surface area contributed by atoms with Crippen molar-refractivity contribution in [3.63, 3.8) is 0 Å². The Morgan fingerprint density at radius 2 is 1.89 bits per heavy atom. The molecule has 4 atom stereocenters. The molecule has 0 saturated heterocycles. The Bertz CT molecular complexity index is 457. The second kappa shape index (κ2) is 4.25. The van der Waals surface area contributed by atoms with E-state index in [9.17, 15) is 0 Å². The monoisotopic (exact) mass is 245 g/mol. The number of aromatic nitrogens is 1. The molecule has 1 aromatic rings. The van der Waals surface area contributed by atoms with Crippen molar-refractivity contribution in [1.29, 1.82) is 0 Å². The quantitative estimate of drug-likeness (QED) is 0.739. The molecule has 0 aromatic carbocycles. The highest BCUT2D eigenvalue weighted by Gasteiger charge is 2.47. The highest BCUT2D eigenvalue weighted by Crippen LogP contribution is 2.55. The maximum Gasteiger partial charge on any atom is 0.196 e. The maximum absolute atomic E-state index is 6.02. The van der Waals surface area contributed by atoms with E-state index in [1.54, 1.807) is 0 Å². The summed E-state index contributed by atoms with van der Waals surface area (Å²) in [6.45, 7) is 8.95. The predicted molar refractivity (Wildman–Crippen MR) is 72.4 cm³/mol. The molecule has 3 rings (SSSR count). The van der Waals surface area contributed by atoms with Crippen molar-refractivity contribution in [1.82, 2.24) is 4.98 Å². The van der Waals surface area contributed by atoms with Crippen LogP contribution in [0.15, 0.2) is 22.8 Å². The summed E-state index contributed by atoms with van der Waals surface area (Å²) < 4.78 is 6.02. The van der Waals surface area contributed by atoms with E-state index in [0.29, 0.717) is 23.7 Å². The Morgan fingerprint density at radius 3 is 2.50 bits per heavy atom. The van der Waals surface area contributed by atoms with Gasteiger partial charge in [0.25, 0.3) is 0 Å². The summed E-state index contributed by atoms with van der Waals surface area (Å²) in [5.41, 5.74) is 0. The van der Waals surface area contributed by atoms with Crippen LogP contribution in [0.4, 0.5) is 0 Å².